The molecule has 0 radical (unpaired) electrons. The van der Waals surface area contributed by atoms with Crippen LogP contribution in [-0.2, 0) is 4.74 Å². The van der Waals surface area contributed by atoms with Crippen molar-refractivity contribution in [2.45, 2.75) is 25.1 Å². The summed E-state index contributed by atoms with van der Waals surface area (Å²) >= 11 is 0. The average Bonchev–Trinajstić information content (AvgIpc) is 2.38. The van der Waals surface area contributed by atoms with Crippen LogP contribution in [0.25, 0.3) is 0 Å². The first-order chi connectivity index (χ1) is 4.08. The molecule has 1 aliphatic rings. The zero-order valence-electron chi connectivity index (χ0n) is 4.74. The second kappa shape index (κ2) is 2.17. The Hall–Kier alpha value is -0.250. The summed E-state index contributed by atoms with van der Waals surface area (Å²) in [7, 11) is 0. The van der Waals surface area contributed by atoms with Gasteiger partial charge in [-0.1, -0.05) is 0 Å². The van der Waals surface area contributed by atoms with Crippen LogP contribution >= 0.6 is 0 Å². The Morgan fingerprint density at radius 2 is 2.00 bits per heavy atom. The molecule has 0 aromatic rings. The van der Waals surface area contributed by atoms with Crippen LogP contribution in [0.3, 0.4) is 0 Å². The van der Waals surface area contributed by atoms with Crippen molar-refractivity contribution >= 4 is 0 Å². The average molecular weight is 140 g/mol. The van der Waals surface area contributed by atoms with Crippen molar-refractivity contribution in [1.82, 2.24) is 0 Å². The molecule has 1 fully saturated rings. The van der Waals surface area contributed by atoms with Gasteiger partial charge in [-0.3, -0.25) is 0 Å². The minimum atomic E-state index is -4.01. The van der Waals surface area contributed by atoms with Gasteiger partial charge in [0.05, 0.1) is 12.7 Å². The van der Waals surface area contributed by atoms with Crippen molar-refractivity contribution < 1.29 is 17.9 Å². The summed E-state index contributed by atoms with van der Waals surface area (Å²) in [4.78, 5) is 0. The molecule has 0 spiro atoms. The fourth-order valence-electron chi connectivity index (χ4n) is 0.559. The Morgan fingerprint density at radius 1 is 1.44 bits per heavy atom. The van der Waals surface area contributed by atoms with Crippen molar-refractivity contribution in [2.24, 2.45) is 0 Å². The highest BCUT2D eigenvalue weighted by Gasteiger charge is 2.32. The maximum atomic E-state index is 11.4. The summed E-state index contributed by atoms with van der Waals surface area (Å²) in [5, 5.41) is 0. The van der Waals surface area contributed by atoms with Crippen molar-refractivity contribution in [3.8, 4) is 0 Å². The number of hydrogen-bond donors (Lipinski definition) is 0. The van der Waals surface area contributed by atoms with Crippen LogP contribution in [0.5, 0.6) is 0 Å². The normalized spacial score (nSPS) is 26.3. The zero-order valence-corrected chi connectivity index (χ0v) is 4.74. The summed E-state index contributed by atoms with van der Waals surface area (Å²) in [5.41, 5.74) is 0. The highest BCUT2D eigenvalue weighted by atomic mass is 19.4. The second-order valence-electron chi connectivity index (χ2n) is 2.11. The van der Waals surface area contributed by atoms with E-state index in [0.29, 0.717) is 6.61 Å². The third-order valence-corrected chi connectivity index (χ3v) is 1.15. The van der Waals surface area contributed by atoms with E-state index < -0.39 is 12.6 Å². The fraction of sp³-hybridized carbons (Fsp3) is 1.00. The lowest BCUT2D eigenvalue weighted by Gasteiger charge is -2.02. The summed E-state index contributed by atoms with van der Waals surface area (Å²) in [6, 6.07) is 0. The number of alkyl halides is 3. The van der Waals surface area contributed by atoms with Gasteiger partial charge < -0.3 is 4.74 Å². The molecule has 1 nitrogen and oxygen atoms in total. The van der Waals surface area contributed by atoms with Crippen LogP contribution < -0.4 is 0 Å². The largest absolute Gasteiger partial charge is 0.389 e. The molecule has 0 amide bonds. The summed E-state index contributed by atoms with van der Waals surface area (Å²) in [6.07, 6.45) is -4.70. The van der Waals surface area contributed by atoms with Crippen LogP contribution in [-0.4, -0.2) is 18.9 Å². The predicted molar refractivity (Wildman–Crippen MR) is 25.0 cm³/mol. The molecule has 9 heavy (non-hydrogen) atoms. The molecule has 1 unspecified atom stereocenters. The van der Waals surface area contributed by atoms with Gasteiger partial charge in [-0.25, -0.2) is 0 Å². The van der Waals surface area contributed by atoms with Crippen LogP contribution in [0.1, 0.15) is 12.8 Å². The minimum absolute atomic E-state index is 0.105. The summed E-state index contributed by atoms with van der Waals surface area (Å²) in [6.45, 7) is 0.510. The van der Waals surface area contributed by atoms with Crippen molar-refractivity contribution in [3.63, 3.8) is 0 Å². The van der Waals surface area contributed by atoms with Crippen LogP contribution in [0, 0.1) is 0 Å². The predicted octanol–water partition coefficient (Wildman–Crippen LogP) is 1.73. The van der Waals surface area contributed by atoms with Gasteiger partial charge in [0, 0.05) is 6.42 Å². The van der Waals surface area contributed by atoms with Gasteiger partial charge in [-0.15, -0.1) is 0 Å². The van der Waals surface area contributed by atoms with Crippen LogP contribution in [0.2, 0.25) is 0 Å². The van der Waals surface area contributed by atoms with Gasteiger partial charge in [0.15, 0.2) is 0 Å². The molecule has 0 bridgehead atoms. The van der Waals surface area contributed by atoms with E-state index >= 15 is 0 Å². The number of ether oxygens (including phenoxy) is 1. The zero-order chi connectivity index (χ0) is 6.91. The van der Waals surface area contributed by atoms with Crippen LogP contribution in [0.15, 0.2) is 0 Å². The molecule has 0 aromatic heterocycles. The Balaban J connectivity index is 2.03. The lowest BCUT2D eigenvalue weighted by atomic mass is 10.2. The van der Waals surface area contributed by atoms with E-state index in [1.807, 2.05) is 0 Å². The van der Waals surface area contributed by atoms with Gasteiger partial charge in [0.25, 0.3) is 0 Å². The van der Waals surface area contributed by atoms with E-state index in [1.165, 1.54) is 0 Å². The smallest absolute Gasteiger partial charge is 0.373 e. The molecule has 4 heteroatoms. The first-order valence-corrected chi connectivity index (χ1v) is 2.76. The first-order valence-electron chi connectivity index (χ1n) is 2.76. The molecule has 54 valence electrons. The topological polar surface area (TPSA) is 12.5 Å². The SMILES string of the molecule is FC(F)(F)CCC1CO1. The monoisotopic (exact) mass is 140 g/mol. The number of halogens is 3. The van der Waals surface area contributed by atoms with E-state index in [0.717, 1.165) is 0 Å². The fourth-order valence-corrected chi connectivity index (χ4v) is 0.559. The molecular weight excluding hydrogens is 133 g/mol. The van der Waals surface area contributed by atoms with E-state index in [2.05, 4.69) is 4.74 Å². The molecule has 1 saturated heterocycles. The molecule has 0 N–H and O–H groups in total. The third-order valence-electron chi connectivity index (χ3n) is 1.15. The van der Waals surface area contributed by atoms with Crippen molar-refractivity contribution in [3.05, 3.63) is 0 Å². The minimum Gasteiger partial charge on any atom is -0.373 e. The molecule has 0 aliphatic carbocycles. The van der Waals surface area contributed by atoms with Gasteiger partial charge in [-0.05, 0) is 6.42 Å². The van der Waals surface area contributed by atoms with Gasteiger partial charge in [0.2, 0.25) is 0 Å². The molecule has 1 aliphatic heterocycles. The maximum absolute atomic E-state index is 11.4. The molecule has 1 heterocycles. The van der Waals surface area contributed by atoms with Gasteiger partial charge >= 0.3 is 6.18 Å². The number of hydrogen-bond acceptors (Lipinski definition) is 1. The van der Waals surface area contributed by atoms with Crippen molar-refractivity contribution in [1.29, 1.82) is 0 Å². The first kappa shape index (κ1) is 6.86. The van der Waals surface area contributed by atoms with Gasteiger partial charge in [0.1, 0.15) is 0 Å². The quantitative estimate of drug-likeness (QED) is 0.532. The summed E-state index contributed by atoms with van der Waals surface area (Å²) < 4.78 is 38.8. The highest BCUT2D eigenvalue weighted by Crippen LogP contribution is 2.26. The number of epoxide rings is 1. The van der Waals surface area contributed by atoms with Crippen LogP contribution in [0.4, 0.5) is 13.2 Å². The van der Waals surface area contributed by atoms with E-state index in [1.54, 1.807) is 0 Å². The Bertz CT molecular complexity index is 94.9. The molecule has 1 rings (SSSR count). The second-order valence-corrected chi connectivity index (χ2v) is 2.11. The maximum Gasteiger partial charge on any atom is 0.389 e. The Morgan fingerprint density at radius 3 is 2.33 bits per heavy atom. The molecule has 0 saturated carbocycles. The lowest BCUT2D eigenvalue weighted by molar-refractivity contribution is -0.136. The Labute approximate surface area is 50.8 Å². The number of rotatable bonds is 2. The van der Waals surface area contributed by atoms with Crippen molar-refractivity contribution in [2.75, 3.05) is 6.61 Å². The Kier molecular flexibility index (Phi) is 1.66. The highest BCUT2D eigenvalue weighted by molar-refractivity contribution is 4.70. The van der Waals surface area contributed by atoms with Gasteiger partial charge in [-0.2, -0.15) is 13.2 Å². The lowest BCUT2D eigenvalue weighted by Crippen LogP contribution is -2.07. The summed E-state index contributed by atoms with van der Waals surface area (Å²) in [5.74, 6) is 0. The van der Waals surface area contributed by atoms with E-state index in [-0.39, 0.29) is 12.5 Å². The van der Waals surface area contributed by atoms with E-state index in [4.69, 9.17) is 0 Å². The molecule has 0 aromatic carbocycles. The molecular formula is C5H7F3O. The standard InChI is InChI=1S/C5H7F3O/c6-5(7,8)2-1-4-3-9-4/h4H,1-3H2. The van der Waals surface area contributed by atoms with E-state index in [9.17, 15) is 13.2 Å². The molecule has 1 atom stereocenters. The third kappa shape index (κ3) is 3.35.